The van der Waals surface area contributed by atoms with Crippen LogP contribution in [0.3, 0.4) is 0 Å². The van der Waals surface area contributed by atoms with E-state index >= 15 is 0 Å². The summed E-state index contributed by atoms with van der Waals surface area (Å²) in [5.74, 6) is -1.55. The molecule has 0 rings (SSSR count). The third-order valence-electron chi connectivity index (χ3n) is 0.574. The second-order valence-corrected chi connectivity index (χ2v) is 2.95. The molecule has 0 saturated carbocycles. The average molecular weight is 217 g/mol. The van der Waals surface area contributed by atoms with Crippen LogP contribution < -0.4 is 0 Å². The first kappa shape index (κ1) is 9.81. The standard InChI is InChI=1S/C5H7BrF2O2/c1-3(2)10-4(9)5(6,7)8/h3H,1-2H3. The lowest BCUT2D eigenvalue weighted by Gasteiger charge is -2.10. The molecule has 0 amide bonds. The van der Waals surface area contributed by atoms with E-state index in [4.69, 9.17) is 0 Å². The van der Waals surface area contributed by atoms with Crippen LogP contribution in [-0.2, 0) is 9.53 Å². The van der Waals surface area contributed by atoms with E-state index in [9.17, 15) is 13.6 Å². The van der Waals surface area contributed by atoms with E-state index < -0.39 is 16.9 Å². The lowest BCUT2D eigenvalue weighted by molar-refractivity contribution is -0.163. The first-order valence-corrected chi connectivity index (χ1v) is 3.41. The fourth-order valence-electron chi connectivity index (χ4n) is 0.281. The van der Waals surface area contributed by atoms with Crippen LogP contribution in [0.2, 0.25) is 0 Å². The van der Waals surface area contributed by atoms with Crippen molar-refractivity contribution in [2.24, 2.45) is 0 Å². The van der Waals surface area contributed by atoms with Crippen LogP contribution in [0, 0.1) is 0 Å². The maximum atomic E-state index is 11.9. The van der Waals surface area contributed by atoms with Crippen molar-refractivity contribution in [1.29, 1.82) is 0 Å². The third kappa shape index (κ3) is 3.76. The number of hydrogen-bond acceptors (Lipinski definition) is 2. The molecule has 0 unspecified atom stereocenters. The number of carbonyl (C=O) groups is 1. The number of esters is 1. The second kappa shape index (κ2) is 3.27. The fraction of sp³-hybridized carbons (Fsp3) is 0.800. The maximum Gasteiger partial charge on any atom is 0.396 e. The summed E-state index contributed by atoms with van der Waals surface area (Å²) in [5, 5.41) is 0. The van der Waals surface area contributed by atoms with Crippen molar-refractivity contribution in [2.45, 2.75) is 24.8 Å². The zero-order valence-electron chi connectivity index (χ0n) is 5.53. The molecular weight excluding hydrogens is 210 g/mol. The van der Waals surface area contributed by atoms with Crippen LogP contribution in [0.4, 0.5) is 8.78 Å². The minimum atomic E-state index is -3.56. The molecule has 0 N–H and O–H groups in total. The Bertz CT molecular complexity index is 130. The van der Waals surface area contributed by atoms with Gasteiger partial charge in [0.2, 0.25) is 0 Å². The van der Waals surface area contributed by atoms with Gasteiger partial charge in [0.25, 0.3) is 0 Å². The van der Waals surface area contributed by atoms with Crippen molar-refractivity contribution in [3.05, 3.63) is 0 Å². The molecule has 0 atom stereocenters. The van der Waals surface area contributed by atoms with Crippen LogP contribution >= 0.6 is 15.9 Å². The lowest BCUT2D eigenvalue weighted by Crippen LogP contribution is -2.26. The Morgan fingerprint density at radius 2 is 2.00 bits per heavy atom. The monoisotopic (exact) mass is 216 g/mol. The zero-order chi connectivity index (χ0) is 8.36. The molecule has 0 heterocycles. The highest BCUT2D eigenvalue weighted by Gasteiger charge is 2.37. The number of alkyl halides is 3. The Morgan fingerprint density at radius 3 is 2.10 bits per heavy atom. The minimum Gasteiger partial charge on any atom is -0.458 e. The Balaban J connectivity index is 3.87. The normalized spacial score (nSPS) is 11.8. The number of halogens is 3. The first-order valence-electron chi connectivity index (χ1n) is 2.62. The van der Waals surface area contributed by atoms with Gasteiger partial charge < -0.3 is 4.74 Å². The predicted molar refractivity (Wildman–Crippen MR) is 35.1 cm³/mol. The molecule has 0 aromatic carbocycles. The molecule has 0 saturated heterocycles. The molecule has 0 bridgehead atoms. The summed E-state index contributed by atoms with van der Waals surface area (Å²) in [7, 11) is 0. The summed E-state index contributed by atoms with van der Waals surface area (Å²) >= 11 is 1.86. The van der Waals surface area contributed by atoms with Crippen molar-refractivity contribution < 1.29 is 18.3 Å². The van der Waals surface area contributed by atoms with Gasteiger partial charge >= 0.3 is 10.8 Å². The summed E-state index contributed by atoms with van der Waals surface area (Å²) in [6.45, 7) is 2.99. The van der Waals surface area contributed by atoms with Crippen molar-refractivity contribution in [1.82, 2.24) is 0 Å². The van der Waals surface area contributed by atoms with Crippen LogP contribution in [-0.4, -0.2) is 16.9 Å². The van der Waals surface area contributed by atoms with E-state index in [2.05, 4.69) is 4.74 Å². The highest BCUT2D eigenvalue weighted by atomic mass is 79.9. The Kier molecular flexibility index (Phi) is 3.21. The van der Waals surface area contributed by atoms with Gasteiger partial charge in [-0.1, -0.05) is 0 Å². The van der Waals surface area contributed by atoms with Gasteiger partial charge in [-0.2, -0.15) is 8.78 Å². The molecule has 0 aliphatic carbocycles. The van der Waals surface area contributed by atoms with Crippen molar-refractivity contribution >= 4 is 21.9 Å². The number of rotatable bonds is 2. The molecule has 0 radical (unpaired) electrons. The van der Waals surface area contributed by atoms with E-state index in [0.29, 0.717) is 0 Å². The van der Waals surface area contributed by atoms with Crippen molar-refractivity contribution in [3.8, 4) is 0 Å². The number of carbonyl (C=O) groups excluding carboxylic acids is 1. The first-order chi connectivity index (χ1) is 4.34. The number of ether oxygens (including phenoxy) is 1. The van der Waals surface area contributed by atoms with Crippen LogP contribution in [0.15, 0.2) is 0 Å². The molecule has 5 heteroatoms. The topological polar surface area (TPSA) is 26.3 Å². The SMILES string of the molecule is CC(C)OC(=O)C(F)(F)Br. The molecule has 0 aliphatic rings. The molecule has 10 heavy (non-hydrogen) atoms. The van der Waals surface area contributed by atoms with Crippen molar-refractivity contribution in [3.63, 3.8) is 0 Å². The maximum absolute atomic E-state index is 11.9. The van der Waals surface area contributed by atoms with E-state index in [1.807, 2.05) is 15.9 Å². The quantitative estimate of drug-likeness (QED) is 0.521. The van der Waals surface area contributed by atoms with Crippen LogP contribution in [0.25, 0.3) is 0 Å². The third-order valence-corrected chi connectivity index (χ3v) is 0.898. The average Bonchev–Trinajstić information content (AvgIpc) is 1.60. The summed E-state index contributed by atoms with van der Waals surface area (Å²) in [6, 6.07) is 0. The van der Waals surface area contributed by atoms with Gasteiger partial charge in [0.15, 0.2) is 0 Å². The predicted octanol–water partition coefficient (Wildman–Crippen LogP) is 1.93. The van der Waals surface area contributed by atoms with Crippen LogP contribution in [0.1, 0.15) is 13.8 Å². The highest BCUT2D eigenvalue weighted by Crippen LogP contribution is 2.23. The van der Waals surface area contributed by atoms with Gasteiger partial charge in [-0.3, -0.25) is 0 Å². The Morgan fingerprint density at radius 1 is 1.60 bits per heavy atom. The summed E-state index contributed by atoms with van der Waals surface area (Å²) in [4.78, 5) is 6.70. The summed E-state index contributed by atoms with van der Waals surface area (Å²) < 4.78 is 28.0. The molecule has 2 nitrogen and oxygen atoms in total. The van der Waals surface area contributed by atoms with Gasteiger partial charge in [-0.25, -0.2) is 4.79 Å². The van der Waals surface area contributed by atoms with Gasteiger partial charge in [-0.15, -0.1) is 0 Å². The Hall–Kier alpha value is -0.190. The van der Waals surface area contributed by atoms with E-state index in [-0.39, 0.29) is 0 Å². The molecular formula is C5H7BrF2O2. The molecule has 0 aliphatic heterocycles. The highest BCUT2D eigenvalue weighted by molar-refractivity contribution is 9.10. The van der Waals surface area contributed by atoms with Crippen molar-refractivity contribution in [2.75, 3.05) is 0 Å². The van der Waals surface area contributed by atoms with Gasteiger partial charge in [0, 0.05) is 15.9 Å². The molecule has 0 fully saturated rings. The van der Waals surface area contributed by atoms with E-state index in [1.54, 1.807) is 0 Å². The largest absolute Gasteiger partial charge is 0.458 e. The molecule has 0 aromatic heterocycles. The molecule has 60 valence electrons. The fourth-order valence-corrected chi connectivity index (χ4v) is 0.374. The van der Waals surface area contributed by atoms with E-state index in [0.717, 1.165) is 0 Å². The van der Waals surface area contributed by atoms with Gasteiger partial charge in [0.1, 0.15) is 0 Å². The van der Waals surface area contributed by atoms with E-state index in [1.165, 1.54) is 13.8 Å². The van der Waals surface area contributed by atoms with Crippen LogP contribution in [0.5, 0.6) is 0 Å². The lowest BCUT2D eigenvalue weighted by atomic mass is 10.5. The van der Waals surface area contributed by atoms with Gasteiger partial charge in [0.05, 0.1) is 6.10 Å². The number of hydrogen-bond donors (Lipinski definition) is 0. The smallest absolute Gasteiger partial charge is 0.396 e. The zero-order valence-corrected chi connectivity index (χ0v) is 7.11. The molecule has 0 aromatic rings. The van der Waals surface area contributed by atoms with Gasteiger partial charge in [-0.05, 0) is 13.8 Å². The Labute approximate surface area is 65.7 Å². The summed E-state index contributed by atoms with van der Waals surface area (Å²) in [6.07, 6.45) is -0.518. The summed E-state index contributed by atoms with van der Waals surface area (Å²) in [5.41, 5.74) is 0. The minimum absolute atomic E-state index is 0.518. The second-order valence-electron chi connectivity index (χ2n) is 1.95. The molecule has 0 spiro atoms.